The van der Waals surface area contributed by atoms with Crippen molar-refractivity contribution in [2.75, 3.05) is 7.11 Å². The normalized spacial score (nSPS) is 26.7. The molecule has 1 aliphatic carbocycles. The van der Waals surface area contributed by atoms with Crippen LogP contribution in [0.3, 0.4) is 0 Å². The van der Waals surface area contributed by atoms with E-state index in [1.807, 2.05) is 0 Å². The van der Waals surface area contributed by atoms with E-state index in [9.17, 15) is 0 Å². The van der Waals surface area contributed by atoms with E-state index in [1.165, 1.54) is 0 Å². The van der Waals surface area contributed by atoms with Gasteiger partial charge in [-0.1, -0.05) is 0 Å². The number of methoxy groups -OCH3 is 1. The van der Waals surface area contributed by atoms with Crippen LogP contribution in [0.4, 0.5) is 0 Å². The van der Waals surface area contributed by atoms with Crippen molar-refractivity contribution in [3.05, 3.63) is 6.10 Å². The summed E-state index contributed by atoms with van der Waals surface area (Å²) in [6.07, 6.45) is 4.16. The van der Waals surface area contributed by atoms with Crippen molar-refractivity contribution >= 4 is 0 Å². The first-order chi connectivity index (χ1) is 4.66. The van der Waals surface area contributed by atoms with Crippen molar-refractivity contribution in [3.63, 3.8) is 0 Å². The van der Waals surface area contributed by atoms with Gasteiger partial charge in [0.25, 0.3) is 0 Å². The molecular formula is C8H15O2. The van der Waals surface area contributed by atoms with Crippen molar-refractivity contribution in [2.24, 2.45) is 0 Å². The number of aliphatic hydroxyl groups is 1. The van der Waals surface area contributed by atoms with Crippen LogP contribution < -0.4 is 0 Å². The summed E-state index contributed by atoms with van der Waals surface area (Å²) in [6, 6.07) is 0. The van der Waals surface area contributed by atoms with Gasteiger partial charge in [0.2, 0.25) is 0 Å². The molecule has 2 heteroatoms. The van der Waals surface area contributed by atoms with Gasteiger partial charge in [-0.2, -0.15) is 0 Å². The van der Waals surface area contributed by atoms with Gasteiger partial charge >= 0.3 is 0 Å². The molecule has 0 heterocycles. The Bertz CT molecular complexity index is 104. The smallest absolute Gasteiger partial charge is 0.0935 e. The Kier molecular flexibility index (Phi) is 2.32. The molecule has 0 aromatic rings. The quantitative estimate of drug-likeness (QED) is 0.607. The summed E-state index contributed by atoms with van der Waals surface area (Å²) in [6.45, 7) is 2.10. The lowest BCUT2D eigenvalue weighted by Crippen LogP contribution is -2.32. The van der Waals surface area contributed by atoms with E-state index in [2.05, 4.69) is 6.92 Å². The first-order valence-corrected chi connectivity index (χ1v) is 3.75. The van der Waals surface area contributed by atoms with Gasteiger partial charge in [-0.15, -0.1) is 0 Å². The molecule has 1 aliphatic rings. The highest BCUT2D eigenvalue weighted by Gasteiger charge is 2.30. The third-order valence-electron chi connectivity index (χ3n) is 2.38. The molecule has 2 nitrogen and oxygen atoms in total. The van der Waals surface area contributed by atoms with Gasteiger partial charge in [-0.25, -0.2) is 0 Å². The molecule has 1 rings (SSSR count). The average molecular weight is 143 g/mol. The fourth-order valence-corrected chi connectivity index (χ4v) is 1.27. The predicted molar refractivity (Wildman–Crippen MR) is 39.1 cm³/mol. The Balaban J connectivity index is 2.38. The van der Waals surface area contributed by atoms with Crippen molar-refractivity contribution in [2.45, 2.75) is 38.2 Å². The molecule has 0 spiro atoms. The lowest BCUT2D eigenvalue weighted by atomic mass is 9.85. The summed E-state index contributed by atoms with van der Waals surface area (Å²) in [7, 11) is 1.74. The molecule has 1 saturated carbocycles. The summed E-state index contributed by atoms with van der Waals surface area (Å²) >= 11 is 0. The number of hydrogen-bond donors (Lipinski definition) is 1. The maximum Gasteiger partial charge on any atom is 0.0935 e. The van der Waals surface area contributed by atoms with Crippen LogP contribution in [0.1, 0.15) is 32.6 Å². The molecule has 0 amide bonds. The van der Waals surface area contributed by atoms with Crippen molar-refractivity contribution in [1.82, 2.24) is 0 Å². The summed E-state index contributed by atoms with van der Waals surface area (Å²) in [4.78, 5) is 0. The summed E-state index contributed by atoms with van der Waals surface area (Å²) in [5.41, 5.74) is 0.0201. The molecule has 10 heavy (non-hydrogen) atoms. The van der Waals surface area contributed by atoms with Crippen molar-refractivity contribution < 1.29 is 9.84 Å². The first kappa shape index (κ1) is 8.02. The molecule has 1 radical (unpaired) electrons. The third-order valence-corrected chi connectivity index (χ3v) is 2.38. The van der Waals surface area contributed by atoms with Crippen LogP contribution >= 0.6 is 0 Å². The van der Waals surface area contributed by atoms with E-state index in [4.69, 9.17) is 9.84 Å². The van der Waals surface area contributed by atoms with Crippen molar-refractivity contribution in [1.29, 1.82) is 0 Å². The van der Waals surface area contributed by atoms with Gasteiger partial charge in [0, 0.05) is 7.11 Å². The van der Waals surface area contributed by atoms with E-state index in [0.29, 0.717) is 6.10 Å². The molecular weight excluding hydrogens is 128 g/mol. The van der Waals surface area contributed by atoms with Crippen LogP contribution in [-0.4, -0.2) is 17.8 Å². The molecule has 0 aromatic carbocycles. The van der Waals surface area contributed by atoms with E-state index in [1.54, 1.807) is 7.11 Å². The van der Waals surface area contributed by atoms with E-state index in [-0.39, 0.29) is 5.60 Å². The fourth-order valence-electron chi connectivity index (χ4n) is 1.27. The van der Waals surface area contributed by atoms with Crippen LogP contribution in [-0.2, 0) is 4.74 Å². The van der Waals surface area contributed by atoms with Crippen LogP contribution in [0.15, 0.2) is 0 Å². The Morgan fingerprint density at radius 1 is 1.40 bits per heavy atom. The lowest BCUT2D eigenvalue weighted by Gasteiger charge is -2.33. The summed E-state index contributed by atoms with van der Waals surface area (Å²) < 4.78 is 5.30. The molecule has 1 fully saturated rings. The van der Waals surface area contributed by atoms with E-state index >= 15 is 0 Å². The van der Waals surface area contributed by atoms with Gasteiger partial charge in [0.05, 0.1) is 11.7 Å². The molecule has 1 N–H and O–H groups in total. The van der Waals surface area contributed by atoms with Gasteiger partial charge in [-0.05, 0) is 32.6 Å². The molecule has 0 aromatic heterocycles. The predicted octanol–water partition coefficient (Wildman–Crippen LogP) is 1.87. The second-order valence-corrected chi connectivity index (χ2v) is 3.22. The second-order valence-electron chi connectivity index (χ2n) is 3.22. The Morgan fingerprint density at radius 2 is 1.90 bits per heavy atom. The second kappa shape index (κ2) is 2.89. The minimum absolute atomic E-state index is 0.0201. The number of rotatable bonds is 1. The first-order valence-electron chi connectivity index (χ1n) is 3.75. The molecule has 59 valence electrons. The zero-order chi connectivity index (χ0) is 7.61. The zero-order valence-corrected chi connectivity index (χ0v) is 6.68. The maximum atomic E-state index is 9.10. The lowest BCUT2D eigenvalue weighted by molar-refractivity contribution is -0.0312. The number of ether oxygens (including phenoxy) is 1. The third kappa shape index (κ3) is 1.70. The molecule has 0 saturated heterocycles. The highest BCUT2D eigenvalue weighted by molar-refractivity contribution is 4.90. The summed E-state index contributed by atoms with van der Waals surface area (Å²) in [5, 5.41) is 9.10. The minimum atomic E-state index is 0.0201. The van der Waals surface area contributed by atoms with Crippen LogP contribution in [0, 0.1) is 6.10 Å². The van der Waals surface area contributed by atoms with Gasteiger partial charge in [0.1, 0.15) is 0 Å². The largest absolute Gasteiger partial charge is 0.387 e. The number of aliphatic hydroxyl groups excluding tert-OH is 1. The van der Waals surface area contributed by atoms with E-state index in [0.717, 1.165) is 25.7 Å². The molecule has 0 atom stereocenters. The standard InChI is InChI=1S/C8H15O2/c1-8(10-2)5-3-7(9)4-6-8/h9H,3-6H2,1-2H3. The molecule has 0 unspecified atom stereocenters. The highest BCUT2D eigenvalue weighted by Crippen LogP contribution is 2.33. The van der Waals surface area contributed by atoms with Crippen LogP contribution in [0.2, 0.25) is 0 Å². The minimum Gasteiger partial charge on any atom is -0.387 e. The Labute approximate surface area is 62.2 Å². The topological polar surface area (TPSA) is 29.5 Å². The molecule has 0 aliphatic heterocycles. The highest BCUT2D eigenvalue weighted by atomic mass is 16.5. The van der Waals surface area contributed by atoms with Gasteiger partial charge in [-0.3, -0.25) is 0 Å². The Hall–Kier alpha value is -0.0800. The number of hydrogen-bond acceptors (Lipinski definition) is 2. The van der Waals surface area contributed by atoms with Crippen LogP contribution in [0.25, 0.3) is 0 Å². The van der Waals surface area contributed by atoms with Crippen LogP contribution in [0.5, 0.6) is 0 Å². The average Bonchev–Trinajstić information content (AvgIpc) is 1.96. The summed E-state index contributed by atoms with van der Waals surface area (Å²) in [5.74, 6) is 0. The van der Waals surface area contributed by atoms with Gasteiger partial charge < -0.3 is 9.84 Å². The molecule has 0 bridgehead atoms. The van der Waals surface area contributed by atoms with Crippen molar-refractivity contribution in [3.8, 4) is 0 Å². The monoisotopic (exact) mass is 143 g/mol. The fraction of sp³-hybridized carbons (Fsp3) is 0.875. The zero-order valence-electron chi connectivity index (χ0n) is 6.68. The van der Waals surface area contributed by atoms with E-state index < -0.39 is 0 Å². The SMILES string of the molecule is COC1(C)CC[C](O)CC1. The maximum absolute atomic E-state index is 9.10. The van der Waals surface area contributed by atoms with Gasteiger partial charge in [0.15, 0.2) is 0 Å². The Morgan fingerprint density at radius 3 is 2.30 bits per heavy atom.